The van der Waals surface area contributed by atoms with Crippen LogP contribution in [0.25, 0.3) is 0 Å². The Bertz CT molecular complexity index is 109. The molecule has 1 saturated heterocycles. The fraction of sp³-hybridized carbons (Fsp3) is 1.00. The van der Waals surface area contributed by atoms with Crippen molar-refractivity contribution in [3.63, 3.8) is 0 Å². The molecule has 0 amide bonds. The predicted molar refractivity (Wildman–Crippen MR) is 58.0 cm³/mol. The Labute approximate surface area is 83.7 Å². The molecule has 0 saturated carbocycles. The summed E-state index contributed by atoms with van der Waals surface area (Å²) in [6, 6.07) is 0. The number of halogens is 1. The number of likely N-dealkylation sites (tertiary alicyclic amines) is 1. The first-order valence-electron chi connectivity index (χ1n) is 4.49. The summed E-state index contributed by atoms with van der Waals surface area (Å²) in [6.07, 6.45) is 1.41. The molecule has 1 fully saturated rings. The molecule has 1 aliphatic rings. The Kier molecular flexibility index (Phi) is 3.62. The lowest BCUT2D eigenvalue weighted by molar-refractivity contribution is 0.307. The zero-order valence-electron chi connectivity index (χ0n) is 7.68. The Hall–Kier alpha value is 0.690. The normalized spacial score (nSPS) is 29.7. The van der Waals surface area contributed by atoms with E-state index in [1.165, 1.54) is 19.5 Å². The van der Waals surface area contributed by atoms with Crippen LogP contribution in [0.4, 0.5) is 0 Å². The number of hydrogen-bond acceptors (Lipinski definition) is 1. The Morgan fingerprint density at radius 1 is 1.36 bits per heavy atom. The first-order valence-corrected chi connectivity index (χ1v) is 5.74. The topological polar surface area (TPSA) is 3.24 Å². The summed E-state index contributed by atoms with van der Waals surface area (Å²) >= 11 is 2.50. The van der Waals surface area contributed by atoms with Gasteiger partial charge in [-0.15, -0.1) is 0 Å². The van der Waals surface area contributed by atoms with Gasteiger partial charge >= 0.3 is 0 Å². The maximum Gasteiger partial charge on any atom is 0.0590 e. The molecular weight excluding hydrogens is 249 g/mol. The molecule has 2 unspecified atom stereocenters. The lowest BCUT2D eigenvalue weighted by Crippen LogP contribution is -2.26. The first-order chi connectivity index (χ1) is 5.11. The van der Waals surface area contributed by atoms with Crippen LogP contribution in [0.15, 0.2) is 0 Å². The molecular formula is C9H18IN. The van der Waals surface area contributed by atoms with Crippen LogP contribution >= 0.6 is 22.6 Å². The van der Waals surface area contributed by atoms with E-state index in [1.54, 1.807) is 0 Å². The van der Waals surface area contributed by atoms with Gasteiger partial charge in [0.2, 0.25) is 0 Å². The van der Waals surface area contributed by atoms with Crippen molar-refractivity contribution >= 4 is 22.6 Å². The van der Waals surface area contributed by atoms with E-state index in [0.717, 1.165) is 15.9 Å². The summed E-state index contributed by atoms with van der Waals surface area (Å²) < 4.78 is 0.719. The van der Waals surface area contributed by atoms with Crippen molar-refractivity contribution in [3.8, 4) is 0 Å². The molecule has 0 N–H and O–H groups in total. The molecule has 0 aliphatic carbocycles. The van der Waals surface area contributed by atoms with E-state index in [4.69, 9.17) is 0 Å². The minimum Gasteiger partial charge on any atom is -0.292 e. The Morgan fingerprint density at radius 3 is 2.27 bits per heavy atom. The molecule has 66 valence electrons. The molecule has 0 bridgehead atoms. The summed E-state index contributed by atoms with van der Waals surface area (Å²) in [6.45, 7) is 9.59. The third kappa shape index (κ3) is 2.58. The van der Waals surface area contributed by atoms with Crippen LogP contribution in [0.5, 0.6) is 0 Å². The summed E-state index contributed by atoms with van der Waals surface area (Å²) in [4.78, 5) is 2.57. The fourth-order valence-corrected chi connectivity index (χ4v) is 2.19. The number of hydrogen-bond donors (Lipinski definition) is 0. The summed E-state index contributed by atoms with van der Waals surface area (Å²) in [5, 5.41) is 0. The molecule has 1 nitrogen and oxygen atoms in total. The molecule has 1 rings (SSSR count). The highest BCUT2D eigenvalue weighted by molar-refractivity contribution is 14.1. The SMILES string of the molecule is CC(C)C1CCN(C(C)I)C1. The summed E-state index contributed by atoms with van der Waals surface area (Å²) in [5.74, 6) is 1.82. The van der Waals surface area contributed by atoms with Crippen molar-refractivity contribution < 1.29 is 0 Å². The van der Waals surface area contributed by atoms with Gasteiger partial charge in [0.25, 0.3) is 0 Å². The minimum absolute atomic E-state index is 0.719. The number of nitrogens with zero attached hydrogens (tertiary/aromatic N) is 1. The van der Waals surface area contributed by atoms with Gasteiger partial charge in [-0.05, 0) is 31.7 Å². The van der Waals surface area contributed by atoms with E-state index < -0.39 is 0 Å². The van der Waals surface area contributed by atoms with Crippen LogP contribution in [0.1, 0.15) is 27.2 Å². The van der Waals surface area contributed by atoms with Gasteiger partial charge in [-0.3, -0.25) is 4.90 Å². The molecule has 2 atom stereocenters. The van der Waals surface area contributed by atoms with Crippen LogP contribution in [0, 0.1) is 11.8 Å². The average Bonchev–Trinajstić information content (AvgIpc) is 2.33. The smallest absolute Gasteiger partial charge is 0.0590 e. The molecule has 1 heterocycles. The summed E-state index contributed by atoms with van der Waals surface area (Å²) in [7, 11) is 0. The Morgan fingerprint density at radius 2 is 2.00 bits per heavy atom. The highest BCUT2D eigenvalue weighted by Gasteiger charge is 2.26. The van der Waals surface area contributed by atoms with Gasteiger partial charge in [0.15, 0.2) is 0 Å². The quantitative estimate of drug-likeness (QED) is 0.422. The molecule has 1 aliphatic heterocycles. The highest BCUT2D eigenvalue weighted by atomic mass is 127. The minimum atomic E-state index is 0.719. The van der Waals surface area contributed by atoms with E-state index in [-0.39, 0.29) is 0 Å². The van der Waals surface area contributed by atoms with E-state index in [2.05, 4.69) is 48.3 Å². The second-order valence-electron chi connectivity index (χ2n) is 3.86. The van der Waals surface area contributed by atoms with E-state index in [0.29, 0.717) is 0 Å². The van der Waals surface area contributed by atoms with E-state index in [9.17, 15) is 0 Å². The van der Waals surface area contributed by atoms with Crippen LogP contribution in [0.3, 0.4) is 0 Å². The number of alkyl halides is 1. The third-order valence-corrected chi connectivity index (χ3v) is 3.49. The third-order valence-electron chi connectivity index (χ3n) is 2.70. The maximum absolute atomic E-state index is 2.57. The highest BCUT2D eigenvalue weighted by Crippen LogP contribution is 2.26. The lowest BCUT2D eigenvalue weighted by atomic mass is 9.95. The average molecular weight is 267 g/mol. The Balaban J connectivity index is 2.35. The van der Waals surface area contributed by atoms with Gasteiger partial charge in [0.1, 0.15) is 0 Å². The van der Waals surface area contributed by atoms with Crippen LogP contribution in [-0.2, 0) is 0 Å². The molecule has 11 heavy (non-hydrogen) atoms. The largest absolute Gasteiger partial charge is 0.292 e. The summed E-state index contributed by atoms with van der Waals surface area (Å²) in [5.41, 5.74) is 0. The van der Waals surface area contributed by atoms with Gasteiger partial charge < -0.3 is 0 Å². The van der Waals surface area contributed by atoms with Crippen LogP contribution in [-0.4, -0.2) is 22.0 Å². The zero-order valence-corrected chi connectivity index (χ0v) is 9.84. The second-order valence-corrected chi connectivity index (χ2v) is 5.66. The van der Waals surface area contributed by atoms with Gasteiger partial charge in [0.05, 0.1) is 4.05 Å². The van der Waals surface area contributed by atoms with Gasteiger partial charge in [-0.25, -0.2) is 0 Å². The van der Waals surface area contributed by atoms with Gasteiger partial charge in [-0.1, -0.05) is 36.4 Å². The van der Waals surface area contributed by atoms with Crippen molar-refractivity contribution in [2.75, 3.05) is 13.1 Å². The first kappa shape index (κ1) is 9.78. The molecule has 0 aromatic carbocycles. The fourth-order valence-electron chi connectivity index (χ4n) is 1.68. The molecule has 0 spiro atoms. The van der Waals surface area contributed by atoms with Gasteiger partial charge in [0, 0.05) is 6.54 Å². The molecule has 0 radical (unpaired) electrons. The number of rotatable bonds is 2. The van der Waals surface area contributed by atoms with Gasteiger partial charge in [-0.2, -0.15) is 0 Å². The van der Waals surface area contributed by atoms with E-state index in [1.807, 2.05) is 0 Å². The van der Waals surface area contributed by atoms with Crippen molar-refractivity contribution in [2.45, 2.75) is 31.2 Å². The zero-order chi connectivity index (χ0) is 8.43. The van der Waals surface area contributed by atoms with Crippen molar-refractivity contribution in [3.05, 3.63) is 0 Å². The molecule has 2 heteroatoms. The monoisotopic (exact) mass is 267 g/mol. The predicted octanol–water partition coefficient (Wildman–Crippen LogP) is 2.75. The van der Waals surface area contributed by atoms with Crippen LogP contribution in [0.2, 0.25) is 0 Å². The van der Waals surface area contributed by atoms with Crippen molar-refractivity contribution in [1.29, 1.82) is 0 Å². The van der Waals surface area contributed by atoms with E-state index >= 15 is 0 Å². The maximum atomic E-state index is 2.57. The van der Waals surface area contributed by atoms with Crippen molar-refractivity contribution in [2.24, 2.45) is 11.8 Å². The second kappa shape index (κ2) is 4.08. The van der Waals surface area contributed by atoms with Crippen LogP contribution < -0.4 is 0 Å². The molecule has 0 aromatic rings. The standard InChI is InChI=1S/C9H18IN/c1-7(2)9-4-5-11(6-9)8(3)10/h7-9H,4-6H2,1-3H3. The van der Waals surface area contributed by atoms with Crippen molar-refractivity contribution in [1.82, 2.24) is 4.90 Å². The molecule has 0 aromatic heterocycles. The lowest BCUT2D eigenvalue weighted by Gasteiger charge is -2.19.